The maximum Gasteiger partial charge on any atom is 0.141 e. The largest absolute Gasteiger partial charge is 0.346 e. The first-order chi connectivity index (χ1) is 5.33. The Morgan fingerprint density at radius 2 is 2.55 bits per heavy atom. The van der Waals surface area contributed by atoms with Gasteiger partial charge in [0.2, 0.25) is 0 Å². The van der Waals surface area contributed by atoms with Crippen molar-refractivity contribution in [3.8, 4) is 0 Å². The summed E-state index contributed by atoms with van der Waals surface area (Å²) < 4.78 is 7.15. The molecule has 0 saturated carbocycles. The number of likely N-dealkylation sites (N-methyl/N-ethyl adjacent to an activating group) is 1. The molecule has 0 aliphatic carbocycles. The summed E-state index contributed by atoms with van der Waals surface area (Å²) >= 11 is 0. The molecular formula is C7H11N3O. The Kier molecular flexibility index (Phi) is 1.44. The number of hydrogen-bond donors (Lipinski definition) is 1. The lowest BCUT2D eigenvalue weighted by Gasteiger charge is -1.94. The van der Waals surface area contributed by atoms with Crippen molar-refractivity contribution in [2.24, 2.45) is 7.05 Å². The van der Waals surface area contributed by atoms with Crippen LogP contribution in [0.25, 0.3) is 0 Å². The third-order valence-electron chi connectivity index (χ3n) is 1.93. The van der Waals surface area contributed by atoms with Crippen LogP contribution >= 0.6 is 0 Å². The van der Waals surface area contributed by atoms with Crippen LogP contribution < -0.4 is 5.32 Å². The Balaban J connectivity index is 2.14. The minimum atomic E-state index is 0.186. The minimum Gasteiger partial charge on any atom is -0.346 e. The second-order valence-electron chi connectivity index (χ2n) is 2.65. The maximum absolute atomic E-state index is 5.32. The second kappa shape index (κ2) is 2.32. The quantitative estimate of drug-likeness (QED) is 0.610. The number of rotatable bonds is 2. The first kappa shape index (κ1) is 6.82. The minimum absolute atomic E-state index is 0.186. The molecule has 2 unspecified atom stereocenters. The van der Waals surface area contributed by atoms with Crippen molar-refractivity contribution in [2.75, 3.05) is 7.05 Å². The molecule has 0 radical (unpaired) electrons. The Labute approximate surface area is 65.2 Å². The Morgan fingerprint density at radius 3 is 3.00 bits per heavy atom. The van der Waals surface area contributed by atoms with Gasteiger partial charge in [-0.25, -0.2) is 0 Å². The molecule has 2 atom stereocenters. The first-order valence-electron chi connectivity index (χ1n) is 3.63. The average Bonchev–Trinajstić information content (AvgIpc) is 2.68. The number of aromatic nitrogens is 2. The van der Waals surface area contributed by atoms with Gasteiger partial charge < -0.3 is 4.74 Å². The zero-order valence-electron chi connectivity index (χ0n) is 6.61. The fourth-order valence-corrected chi connectivity index (χ4v) is 1.22. The number of ether oxygens (including phenoxy) is 1. The molecule has 1 fully saturated rings. The molecule has 1 aromatic heterocycles. The highest BCUT2D eigenvalue weighted by Gasteiger charge is 2.40. The van der Waals surface area contributed by atoms with Crippen molar-refractivity contribution in [2.45, 2.75) is 12.3 Å². The predicted molar refractivity (Wildman–Crippen MR) is 39.9 cm³/mol. The summed E-state index contributed by atoms with van der Waals surface area (Å²) in [6, 6.07) is 1.97. The molecule has 1 N–H and O–H groups in total. The lowest BCUT2D eigenvalue weighted by Crippen LogP contribution is -2.11. The van der Waals surface area contributed by atoms with Gasteiger partial charge in [0.05, 0.1) is 5.69 Å². The van der Waals surface area contributed by atoms with Crippen LogP contribution in [0.4, 0.5) is 0 Å². The summed E-state index contributed by atoms with van der Waals surface area (Å²) in [6.07, 6.45) is 2.17. The van der Waals surface area contributed by atoms with E-state index in [0.29, 0.717) is 0 Å². The summed E-state index contributed by atoms with van der Waals surface area (Å²) in [5, 5.41) is 7.10. The first-order valence-corrected chi connectivity index (χ1v) is 3.63. The zero-order valence-corrected chi connectivity index (χ0v) is 6.61. The SMILES string of the molecule is CNC1OC1c1ccnn1C. The Hall–Kier alpha value is -0.870. The predicted octanol–water partition coefficient (Wildman–Crippen LogP) is 0.0369. The normalized spacial score (nSPS) is 28.9. The van der Waals surface area contributed by atoms with Gasteiger partial charge in [-0.15, -0.1) is 0 Å². The molecule has 4 nitrogen and oxygen atoms in total. The lowest BCUT2D eigenvalue weighted by atomic mass is 10.3. The topological polar surface area (TPSA) is 42.4 Å². The second-order valence-corrected chi connectivity index (χ2v) is 2.65. The maximum atomic E-state index is 5.32. The van der Waals surface area contributed by atoms with Crippen molar-refractivity contribution in [1.82, 2.24) is 15.1 Å². The summed E-state index contributed by atoms with van der Waals surface area (Å²) in [5.74, 6) is 0. The van der Waals surface area contributed by atoms with Gasteiger partial charge in [-0.2, -0.15) is 5.10 Å². The van der Waals surface area contributed by atoms with E-state index in [-0.39, 0.29) is 12.3 Å². The van der Waals surface area contributed by atoms with Crippen LogP contribution in [0.2, 0.25) is 0 Å². The van der Waals surface area contributed by atoms with Crippen molar-refractivity contribution >= 4 is 0 Å². The van der Waals surface area contributed by atoms with E-state index in [2.05, 4.69) is 10.4 Å². The van der Waals surface area contributed by atoms with E-state index < -0.39 is 0 Å². The van der Waals surface area contributed by atoms with E-state index in [4.69, 9.17) is 4.74 Å². The van der Waals surface area contributed by atoms with Crippen LogP contribution in [0.5, 0.6) is 0 Å². The van der Waals surface area contributed by atoms with Crippen molar-refractivity contribution < 1.29 is 4.74 Å². The average molecular weight is 153 g/mol. The number of nitrogens with one attached hydrogen (secondary N) is 1. The van der Waals surface area contributed by atoms with E-state index >= 15 is 0 Å². The van der Waals surface area contributed by atoms with Gasteiger partial charge in [0.25, 0.3) is 0 Å². The molecule has 1 aromatic rings. The van der Waals surface area contributed by atoms with Gasteiger partial charge in [-0.3, -0.25) is 10.00 Å². The third kappa shape index (κ3) is 1.04. The van der Waals surface area contributed by atoms with E-state index in [9.17, 15) is 0 Å². The smallest absolute Gasteiger partial charge is 0.141 e. The zero-order chi connectivity index (χ0) is 7.84. The van der Waals surface area contributed by atoms with Crippen molar-refractivity contribution in [1.29, 1.82) is 0 Å². The van der Waals surface area contributed by atoms with Gasteiger partial charge in [-0.1, -0.05) is 0 Å². The molecule has 0 spiro atoms. The summed E-state index contributed by atoms with van der Waals surface area (Å²) in [4.78, 5) is 0. The van der Waals surface area contributed by atoms with Crippen molar-refractivity contribution in [3.05, 3.63) is 18.0 Å². The summed E-state index contributed by atoms with van der Waals surface area (Å²) in [5.41, 5.74) is 1.13. The molecule has 0 aromatic carbocycles. The Morgan fingerprint density at radius 1 is 1.73 bits per heavy atom. The van der Waals surface area contributed by atoms with Gasteiger partial charge in [0.1, 0.15) is 12.3 Å². The highest BCUT2D eigenvalue weighted by Crippen LogP contribution is 2.35. The van der Waals surface area contributed by atoms with E-state index in [0.717, 1.165) is 5.69 Å². The van der Waals surface area contributed by atoms with Crippen LogP contribution in [-0.2, 0) is 11.8 Å². The van der Waals surface area contributed by atoms with Gasteiger partial charge in [0, 0.05) is 13.2 Å². The highest BCUT2D eigenvalue weighted by molar-refractivity contribution is 5.11. The molecule has 60 valence electrons. The molecule has 1 aliphatic heterocycles. The van der Waals surface area contributed by atoms with Crippen molar-refractivity contribution in [3.63, 3.8) is 0 Å². The fraction of sp³-hybridized carbons (Fsp3) is 0.571. The molecule has 4 heteroatoms. The molecule has 0 amide bonds. The monoisotopic (exact) mass is 153 g/mol. The molecular weight excluding hydrogens is 142 g/mol. The van der Waals surface area contributed by atoms with Gasteiger partial charge >= 0.3 is 0 Å². The summed E-state index contributed by atoms with van der Waals surface area (Å²) in [7, 11) is 3.81. The van der Waals surface area contributed by atoms with Crippen LogP contribution in [-0.4, -0.2) is 23.1 Å². The number of hydrogen-bond acceptors (Lipinski definition) is 3. The molecule has 2 rings (SSSR count). The van der Waals surface area contributed by atoms with Crippen LogP contribution in [0.1, 0.15) is 11.8 Å². The van der Waals surface area contributed by atoms with Crippen LogP contribution in [0, 0.1) is 0 Å². The summed E-state index contributed by atoms with van der Waals surface area (Å²) in [6.45, 7) is 0. The fourth-order valence-electron chi connectivity index (χ4n) is 1.22. The molecule has 11 heavy (non-hydrogen) atoms. The molecule has 1 aliphatic rings. The standard InChI is InChI=1S/C7H11N3O/c1-8-7-6(11-7)5-3-4-9-10(5)2/h3-4,6-8H,1-2H3. The third-order valence-corrected chi connectivity index (χ3v) is 1.93. The molecule has 2 heterocycles. The van der Waals surface area contributed by atoms with E-state index in [1.165, 1.54) is 0 Å². The molecule has 1 saturated heterocycles. The Bertz CT molecular complexity index is 258. The highest BCUT2D eigenvalue weighted by atomic mass is 16.6. The lowest BCUT2D eigenvalue weighted by molar-refractivity contribution is 0.351. The van der Waals surface area contributed by atoms with Crippen LogP contribution in [0.15, 0.2) is 12.3 Å². The number of aryl methyl sites for hydroxylation is 1. The van der Waals surface area contributed by atoms with Gasteiger partial charge in [-0.05, 0) is 13.1 Å². The van der Waals surface area contributed by atoms with Gasteiger partial charge in [0.15, 0.2) is 0 Å². The number of epoxide rings is 1. The van der Waals surface area contributed by atoms with E-state index in [1.54, 1.807) is 6.20 Å². The number of nitrogens with zero attached hydrogens (tertiary/aromatic N) is 2. The van der Waals surface area contributed by atoms with Crippen LogP contribution in [0.3, 0.4) is 0 Å². The molecule has 0 bridgehead atoms. The van der Waals surface area contributed by atoms with E-state index in [1.807, 2.05) is 24.8 Å².